The molecule has 0 spiro atoms. The summed E-state index contributed by atoms with van der Waals surface area (Å²) in [5, 5.41) is 42.1. The van der Waals surface area contributed by atoms with E-state index in [9.17, 15) is 4.79 Å². The quantitative estimate of drug-likeness (QED) is 0.181. The lowest BCUT2D eigenvalue weighted by Gasteiger charge is -2.17. The number of aryl methyl sites for hydroxylation is 2. The highest BCUT2D eigenvalue weighted by molar-refractivity contribution is 7.18. The van der Waals surface area contributed by atoms with Crippen molar-refractivity contribution in [3.8, 4) is 0 Å². The molecule has 6 heterocycles. The number of benzene rings is 1. The Morgan fingerprint density at radius 1 is 0.857 bits per heavy atom. The average Bonchev–Trinajstić information content (AvgIpc) is 3.92. The highest BCUT2D eigenvalue weighted by Gasteiger charge is 2.27. The summed E-state index contributed by atoms with van der Waals surface area (Å²) >= 11 is 2.79. The fourth-order valence-electron chi connectivity index (χ4n) is 5.73. The van der Waals surface area contributed by atoms with Gasteiger partial charge in [0.25, 0.3) is 0 Å². The van der Waals surface area contributed by atoms with Gasteiger partial charge in [0.2, 0.25) is 15.4 Å². The third-order valence-electron chi connectivity index (χ3n) is 8.10. The Morgan fingerprint density at radius 3 is 1.96 bits per heavy atom. The van der Waals surface area contributed by atoms with Gasteiger partial charge in [-0.3, -0.25) is 4.79 Å². The third-order valence-corrected chi connectivity index (χ3v) is 9.64. The Balaban J connectivity index is 0.000000188. The van der Waals surface area contributed by atoms with Crippen molar-refractivity contribution in [1.82, 2.24) is 40.8 Å². The molecule has 17 heteroatoms. The topological polar surface area (TPSA) is 186 Å². The summed E-state index contributed by atoms with van der Waals surface area (Å²) in [5.41, 5.74) is 8.63. The van der Waals surface area contributed by atoms with Crippen molar-refractivity contribution < 1.29 is 9.53 Å². The molecule has 2 aliphatic rings. The second-order valence-corrected chi connectivity index (χ2v) is 14.0. The molecule has 15 nitrogen and oxygen atoms in total. The number of nitrogens with one attached hydrogen (secondary N) is 2. The molecule has 2 aliphatic heterocycles. The molecule has 3 atom stereocenters. The van der Waals surface area contributed by atoms with Crippen LogP contribution in [0.1, 0.15) is 40.6 Å². The summed E-state index contributed by atoms with van der Waals surface area (Å²) < 4.78 is 5.42. The van der Waals surface area contributed by atoms with Gasteiger partial charge in [-0.15, -0.1) is 30.6 Å². The number of ketones is 1. The first kappa shape index (κ1) is 34.0. The van der Waals surface area contributed by atoms with E-state index < -0.39 is 6.10 Å². The maximum atomic E-state index is 12.7. The van der Waals surface area contributed by atoms with Crippen molar-refractivity contribution in [3.63, 3.8) is 0 Å². The van der Waals surface area contributed by atoms with Crippen LogP contribution in [-0.2, 0) is 16.0 Å². The molecule has 0 saturated carbocycles. The molecule has 0 amide bonds. The smallest absolute Gasteiger partial charge is 0.207 e. The van der Waals surface area contributed by atoms with E-state index in [1.165, 1.54) is 22.7 Å². The summed E-state index contributed by atoms with van der Waals surface area (Å²) in [6, 6.07) is 14.2. The zero-order valence-corrected chi connectivity index (χ0v) is 29.2. The Morgan fingerprint density at radius 2 is 1.43 bits per heavy atom. The first-order chi connectivity index (χ1) is 23.8. The number of rotatable bonds is 11. The van der Waals surface area contributed by atoms with Crippen LogP contribution in [0.2, 0.25) is 0 Å². The predicted octanol–water partition coefficient (Wildman–Crippen LogP) is 3.74. The molecular formula is C32H39N13O2S2. The van der Waals surface area contributed by atoms with Gasteiger partial charge in [-0.1, -0.05) is 53.0 Å². The number of hydrogen-bond acceptors (Lipinski definition) is 17. The second-order valence-electron chi connectivity index (χ2n) is 12.0. The van der Waals surface area contributed by atoms with Crippen LogP contribution >= 0.6 is 22.7 Å². The van der Waals surface area contributed by atoms with Crippen LogP contribution < -0.4 is 26.2 Å². The van der Waals surface area contributed by atoms with Crippen molar-refractivity contribution in [1.29, 1.82) is 0 Å². The predicted molar refractivity (Wildman–Crippen MR) is 191 cm³/mol. The van der Waals surface area contributed by atoms with Crippen molar-refractivity contribution in [2.45, 2.75) is 51.3 Å². The lowest BCUT2D eigenvalue weighted by Crippen LogP contribution is -2.26. The zero-order chi connectivity index (χ0) is 34.2. The summed E-state index contributed by atoms with van der Waals surface area (Å²) in [5.74, 6) is 1.80. The van der Waals surface area contributed by atoms with Gasteiger partial charge in [0.1, 0.15) is 11.1 Å². The average molecular weight is 702 g/mol. The number of nitrogen functional groups attached to an aromatic ring is 1. The Hall–Kier alpha value is -4.87. The highest BCUT2D eigenvalue weighted by atomic mass is 32.1. The Kier molecular flexibility index (Phi) is 11.1. The molecule has 49 heavy (non-hydrogen) atoms. The minimum Gasteiger partial charge on any atom is -0.374 e. The first-order valence-corrected chi connectivity index (χ1v) is 17.6. The van der Waals surface area contributed by atoms with E-state index >= 15 is 0 Å². The molecular weight excluding hydrogens is 663 g/mol. The lowest BCUT2D eigenvalue weighted by atomic mass is 10.0. The molecule has 4 aromatic heterocycles. The molecule has 2 fully saturated rings. The van der Waals surface area contributed by atoms with Crippen molar-refractivity contribution in [2.75, 3.05) is 59.5 Å². The van der Waals surface area contributed by atoms with Crippen LogP contribution in [0.4, 0.5) is 27.0 Å². The fourth-order valence-corrected chi connectivity index (χ4v) is 7.14. The number of carbonyl (C=O) groups is 1. The van der Waals surface area contributed by atoms with Crippen LogP contribution in [0.3, 0.4) is 0 Å². The van der Waals surface area contributed by atoms with Gasteiger partial charge >= 0.3 is 0 Å². The SMILES string of the molecule is CO[C@H](C(=O)Cc1nnc(N[C@@H]2CCN(c3cc(C)cnn3)C2)s1)c1ccccc1.Cc1cnnc(N2CC[C@@H](Nc3nnc(N)s3)C2)c1. The maximum Gasteiger partial charge on any atom is 0.207 e. The van der Waals surface area contributed by atoms with E-state index in [0.717, 1.165) is 77.6 Å². The standard InChI is InChI=1S/C21H24N6O2S.C11H15N7S/c1-14-10-18(24-22-12-14)27-9-8-16(13-27)23-21-26-25-19(30-21)11-17(28)20(29-2)15-6-4-3-5-7-15;1-7-4-9(15-13-5-7)18-3-2-8(6-18)14-11-17-16-10(12)19-11/h3-7,10,12,16,20H,8-9,11,13H2,1-2H3,(H,23,26);4-5,8H,2-3,6H2,1H3,(H2,12,16)(H,14,17)/t16-,20+;8-/m11/s1. The summed E-state index contributed by atoms with van der Waals surface area (Å²) in [7, 11) is 1.55. The van der Waals surface area contributed by atoms with Gasteiger partial charge in [-0.05, 0) is 55.5 Å². The molecule has 2 saturated heterocycles. The second kappa shape index (κ2) is 16.0. The molecule has 0 unspecified atom stereocenters. The van der Waals surface area contributed by atoms with Crippen LogP contribution in [0.5, 0.6) is 0 Å². The third kappa shape index (κ3) is 9.18. The summed E-state index contributed by atoms with van der Waals surface area (Å²) in [4.78, 5) is 17.1. The van der Waals surface area contributed by atoms with Gasteiger partial charge in [0.15, 0.2) is 17.4 Å². The minimum atomic E-state index is -0.592. The van der Waals surface area contributed by atoms with E-state index in [1.54, 1.807) is 19.5 Å². The lowest BCUT2D eigenvalue weighted by molar-refractivity contribution is -0.128. The number of methoxy groups -OCH3 is 1. The Labute approximate surface area is 292 Å². The van der Waals surface area contributed by atoms with E-state index in [4.69, 9.17) is 10.5 Å². The van der Waals surface area contributed by atoms with Gasteiger partial charge < -0.3 is 30.9 Å². The number of ether oxygens (including phenoxy) is 1. The maximum absolute atomic E-state index is 12.7. The Bertz CT molecular complexity index is 1820. The molecule has 7 rings (SSSR count). The van der Waals surface area contributed by atoms with Crippen molar-refractivity contribution >= 4 is 55.5 Å². The van der Waals surface area contributed by atoms with Crippen LogP contribution in [0.25, 0.3) is 0 Å². The van der Waals surface area contributed by atoms with Crippen molar-refractivity contribution in [2.24, 2.45) is 0 Å². The van der Waals surface area contributed by atoms with E-state index in [0.29, 0.717) is 16.2 Å². The minimum absolute atomic E-state index is 0.0311. The van der Waals surface area contributed by atoms with Gasteiger partial charge in [-0.25, -0.2) is 0 Å². The van der Waals surface area contributed by atoms with Crippen molar-refractivity contribution in [3.05, 3.63) is 76.6 Å². The van der Waals surface area contributed by atoms with Crippen LogP contribution in [0, 0.1) is 13.8 Å². The summed E-state index contributed by atoms with van der Waals surface area (Å²) in [6.45, 7) is 7.62. The number of Topliss-reactive ketones (excluding diaryl/α,β-unsaturated/α-hetero) is 1. The largest absolute Gasteiger partial charge is 0.374 e. The molecule has 0 radical (unpaired) electrons. The van der Waals surface area contributed by atoms with Gasteiger partial charge in [0.05, 0.1) is 18.8 Å². The van der Waals surface area contributed by atoms with E-state index in [2.05, 4.69) is 67.3 Å². The fraction of sp³-hybridized carbons (Fsp3) is 0.406. The number of anilines is 5. The molecule has 256 valence electrons. The van der Waals surface area contributed by atoms with E-state index in [1.807, 2.05) is 50.2 Å². The van der Waals surface area contributed by atoms with Gasteiger partial charge in [0, 0.05) is 45.4 Å². The number of nitrogens with two attached hydrogens (primary N) is 1. The first-order valence-electron chi connectivity index (χ1n) is 16.0. The van der Waals surface area contributed by atoms with Crippen LogP contribution in [0.15, 0.2) is 54.9 Å². The number of aromatic nitrogens is 8. The molecule has 0 aliphatic carbocycles. The highest BCUT2D eigenvalue weighted by Crippen LogP contribution is 2.26. The van der Waals surface area contributed by atoms with Gasteiger partial charge in [-0.2, -0.15) is 10.2 Å². The zero-order valence-electron chi connectivity index (χ0n) is 27.6. The normalized spacial score (nSPS) is 17.8. The molecule has 4 N–H and O–H groups in total. The van der Waals surface area contributed by atoms with Crippen LogP contribution in [-0.4, -0.2) is 91.9 Å². The number of nitrogens with zero attached hydrogens (tertiary/aromatic N) is 10. The molecule has 5 aromatic rings. The summed E-state index contributed by atoms with van der Waals surface area (Å²) in [6.07, 6.45) is 5.14. The molecule has 0 bridgehead atoms. The number of carbonyl (C=O) groups excluding carboxylic acids is 1. The monoisotopic (exact) mass is 701 g/mol. The number of hydrogen-bond donors (Lipinski definition) is 3. The van der Waals surface area contributed by atoms with E-state index in [-0.39, 0.29) is 18.2 Å². The molecule has 1 aromatic carbocycles.